The first kappa shape index (κ1) is 31.8. The highest BCUT2D eigenvalue weighted by Gasteiger charge is 2.36. The van der Waals surface area contributed by atoms with Crippen molar-refractivity contribution in [1.82, 2.24) is 35.1 Å². The molecule has 0 atom stereocenters. The number of nitrogens with zero attached hydrogens (tertiary/aromatic N) is 8. The Morgan fingerprint density at radius 1 is 1.07 bits per heavy atom. The number of likely N-dealkylation sites (N-methyl/N-ethyl adjacent to an activating group) is 1. The molecule has 0 saturated carbocycles. The number of nitriles is 1. The molecule has 13 nitrogen and oxygen atoms in total. The summed E-state index contributed by atoms with van der Waals surface area (Å²) >= 11 is 0. The largest absolute Gasteiger partial charge is 0.417 e. The van der Waals surface area contributed by atoms with E-state index in [4.69, 9.17) is 10.00 Å². The Labute approximate surface area is 257 Å². The number of hydrogen-bond acceptors (Lipinski definition) is 10. The highest BCUT2D eigenvalue weighted by Crippen LogP contribution is 2.34. The molecule has 2 aromatic heterocycles. The monoisotopic (exact) mass is 626 g/mol. The van der Waals surface area contributed by atoms with Crippen molar-refractivity contribution in [1.29, 1.82) is 5.26 Å². The molecule has 0 spiro atoms. The Bertz CT molecular complexity index is 1560. The van der Waals surface area contributed by atoms with Crippen LogP contribution < -0.4 is 15.5 Å². The van der Waals surface area contributed by atoms with Crippen LogP contribution in [0.1, 0.15) is 38.5 Å². The zero-order valence-corrected chi connectivity index (χ0v) is 24.7. The van der Waals surface area contributed by atoms with Crippen molar-refractivity contribution in [2.75, 3.05) is 82.8 Å². The van der Waals surface area contributed by atoms with E-state index in [1.807, 2.05) is 11.9 Å². The Balaban J connectivity index is 1.35. The molecule has 45 heavy (non-hydrogen) atoms. The van der Waals surface area contributed by atoms with E-state index >= 15 is 0 Å². The van der Waals surface area contributed by atoms with Gasteiger partial charge in [-0.05, 0) is 44.3 Å². The molecule has 2 aliphatic rings. The molecule has 238 valence electrons. The lowest BCUT2D eigenvalue weighted by Crippen LogP contribution is -2.44. The summed E-state index contributed by atoms with van der Waals surface area (Å²) in [5.41, 5.74) is -1.07. The first-order valence-corrected chi connectivity index (χ1v) is 14.5. The van der Waals surface area contributed by atoms with Gasteiger partial charge in [0.2, 0.25) is 0 Å². The zero-order valence-electron chi connectivity index (χ0n) is 24.7. The number of amides is 2. The van der Waals surface area contributed by atoms with Crippen LogP contribution in [0, 0.1) is 11.3 Å². The Hall–Kier alpha value is -4.59. The second kappa shape index (κ2) is 14.0. The first-order chi connectivity index (χ1) is 21.6. The predicted molar refractivity (Wildman–Crippen MR) is 157 cm³/mol. The molecule has 16 heteroatoms. The molecule has 2 N–H and O–H groups in total. The number of hydrogen-bond donors (Lipinski definition) is 2. The van der Waals surface area contributed by atoms with Crippen molar-refractivity contribution in [3.8, 4) is 11.8 Å². The maximum atomic E-state index is 13.8. The first-order valence-electron chi connectivity index (χ1n) is 14.5. The van der Waals surface area contributed by atoms with Crippen molar-refractivity contribution in [3.05, 3.63) is 59.2 Å². The van der Waals surface area contributed by atoms with Gasteiger partial charge in [0.25, 0.3) is 11.8 Å². The van der Waals surface area contributed by atoms with E-state index in [0.717, 1.165) is 45.3 Å². The number of ether oxygens (including phenoxy) is 1. The lowest BCUT2D eigenvalue weighted by atomic mass is 10.1. The average molecular weight is 627 g/mol. The summed E-state index contributed by atoms with van der Waals surface area (Å²) in [6, 6.07) is 7.16. The van der Waals surface area contributed by atoms with Crippen molar-refractivity contribution in [2.45, 2.75) is 12.6 Å². The molecule has 3 aromatic rings. The van der Waals surface area contributed by atoms with Crippen molar-refractivity contribution < 1.29 is 27.5 Å². The van der Waals surface area contributed by atoms with Gasteiger partial charge < -0.3 is 25.2 Å². The van der Waals surface area contributed by atoms with Gasteiger partial charge in [-0.2, -0.15) is 18.4 Å². The van der Waals surface area contributed by atoms with Crippen LogP contribution in [0.4, 0.5) is 24.5 Å². The summed E-state index contributed by atoms with van der Waals surface area (Å²) in [5.74, 6) is -1.43. The van der Waals surface area contributed by atoms with Crippen LogP contribution in [0.15, 0.2) is 36.7 Å². The minimum Gasteiger partial charge on any atom is -0.379 e. The number of rotatable bonds is 9. The van der Waals surface area contributed by atoms with E-state index in [0.29, 0.717) is 50.3 Å². The van der Waals surface area contributed by atoms with Crippen LogP contribution in [-0.2, 0) is 10.9 Å². The highest BCUT2D eigenvalue weighted by atomic mass is 19.4. The van der Waals surface area contributed by atoms with Crippen molar-refractivity contribution in [3.63, 3.8) is 0 Å². The van der Waals surface area contributed by atoms with Crippen LogP contribution in [0.2, 0.25) is 0 Å². The fourth-order valence-electron chi connectivity index (χ4n) is 5.13. The summed E-state index contributed by atoms with van der Waals surface area (Å²) in [6.45, 7) is 7.21. The summed E-state index contributed by atoms with van der Waals surface area (Å²) in [6.07, 6.45) is -1.93. The Morgan fingerprint density at radius 2 is 1.82 bits per heavy atom. The number of halogens is 3. The van der Waals surface area contributed by atoms with E-state index in [1.54, 1.807) is 24.3 Å². The molecule has 1 aromatic carbocycles. The van der Waals surface area contributed by atoms with E-state index in [-0.39, 0.29) is 17.3 Å². The maximum absolute atomic E-state index is 13.8. The molecule has 2 amide bonds. The minimum absolute atomic E-state index is 0.0913. The number of morpholine rings is 1. The molecule has 0 aliphatic carbocycles. The SMILES string of the molecule is CN1CCN(c2ccc(-n3cc(C(=O)NCCCN4CCOCC4)nn3)cc2NC(=O)c2cnc(C#N)cc2C(F)(F)F)CC1. The number of piperazine rings is 1. The van der Waals surface area contributed by atoms with Crippen LogP contribution >= 0.6 is 0 Å². The van der Waals surface area contributed by atoms with E-state index < -0.39 is 28.9 Å². The summed E-state index contributed by atoms with van der Waals surface area (Å²) in [5, 5.41) is 22.5. The lowest BCUT2D eigenvalue weighted by molar-refractivity contribution is -0.138. The standard InChI is InChI=1S/C29H33F3N10O3/c1-39-7-9-41(10-8-39)26-4-3-21(16-24(26)36-27(43)22-18-35-20(17-33)15-23(22)29(30,31)32)42-19-25(37-38-42)28(44)34-5-2-6-40-11-13-45-14-12-40/h3-4,15-16,18-19H,2,5-14H2,1H3,(H,34,44)(H,36,43). The van der Waals surface area contributed by atoms with Gasteiger partial charge >= 0.3 is 6.18 Å². The van der Waals surface area contributed by atoms with E-state index in [2.05, 4.69) is 35.7 Å². The van der Waals surface area contributed by atoms with Gasteiger partial charge in [0.1, 0.15) is 11.8 Å². The molecule has 5 rings (SSSR count). The number of pyridine rings is 1. The molecule has 0 unspecified atom stereocenters. The third-order valence-electron chi connectivity index (χ3n) is 7.67. The third-order valence-corrected chi connectivity index (χ3v) is 7.67. The van der Waals surface area contributed by atoms with Gasteiger partial charge in [0, 0.05) is 52.0 Å². The van der Waals surface area contributed by atoms with Gasteiger partial charge in [-0.25, -0.2) is 9.67 Å². The van der Waals surface area contributed by atoms with Crippen LogP contribution in [0.3, 0.4) is 0 Å². The van der Waals surface area contributed by atoms with Crippen molar-refractivity contribution >= 4 is 23.2 Å². The molecule has 0 bridgehead atoms. The summed E-state index contributed by atoms with van der Waals surface area (Å²) in [7, 11) is 1.99. The smallest absolute Gasteiger partial charge is 0.379 e. The quantitative estimate of drug-likeness (QED) is 0.339. The molecular weight excluding hydrogens is 593 g/mol. The number of nitrogens with one attached hydrogen (secondary N) is 2. The van der Waals surface area contributed by atoms with Crippen molar-refractivity contribution in [2.24, 2.45) is 0 Å². The molecule has 4 heterocycles. The molecule has 2 saturated heterocycles. The minimum atomic E-state index is -4.89. The van der Waals surface area contributed by atoms with Gasteiger partial charge in [0.15, 0.2) is 5.69 Å². The number of aromatic nitrogens is 4. The number of benzene rings is 1. The third kappa shape index (κ3) is 7.93. The molecular formula is C29H33F3N10O3. The fourth-order valence-corrected chi connectivity index (χ4v) is 5.13. The Morgan fingerprint density at radius 3 is 2.53 bits per heavy atom. The number of alkyl halides is 3. The average Bonchev–Trinajstić information content (AvgIpc) is 3.54. The maximum Gasteiger partial charge on any atom is 0.417 e. The lowest BCUT2D eigenvalue weighted by Gasteiger charge is -2.35. The topological polar surface area (TPSA) is 145 Å². The zero-order chi connectivity index (χ0) is 32.0. The number of anilines is 2. The second-order valence-electron chi connectivity index (χ2n) is 10.8. The van der Waals surface area contributed by atoms with Crippen LogP contribution in [0.25, 0.3) is 5.69 Å². The number of carbonyl (C=O) groups excluding carboxylic acids is 2. The molecule has 0 radical (unpaired) electrons. The number of carbonyl (C=O) groups is 2. The normalized spacial score (nSPS) is 16.3. The Kier molecular flexibility index (Phi) is 9.91. The molecule has 2 aliphatic heterocycles. The van der Waals surface area contributed by atoms with Gasteiger partial charge in [-0.1, -0.05) is 5.21 Å². The predicted octanol–water partition coefficient (Wildman–Crippen LogP) is 2.01. The fraction of sp³-hybridized carbons (Fsp3) is 0.448. The molecule has 2 fully saturated rings. The van der Waals surface area contributed by atoms with E-state index in [1.165, 1.54) is 10.9 Å². The van der Waals surface area contributed by atoms with Crippen LogP contribution in [-0.4, -0.2) is 114 Å². The summed E-state index contributed by atoms with van der Waals surface area (Å²) < 4.78 is 48.2. The van der Waals surface area contributed by atoms with Crippen LogP contribution in [0.5, 0.6) is 0 Å². The van der Waals surface area contributed by atoms with Gasteiger partial charge in [-0.3, -0.25) is 14.5 Å². The summed E-state index contributed by atoms with van der Waals surface area (Å²) in [4.78, 5) is 36.1. The second-order valence-corrected chi connectivity index (χ2v) is 10.8. The van der Waals surface area contributed by atoms with Gasteiger partial charge in [-0.15, -0.1) is 5.10 Å². The highest BCUT2D eigenvalue weighted by molar-refractivity contribution is 6.07. The van der Waals surface area contributed by atoms with Gasteiger partial charge in [0.05, 0.1) is 47.6 Å². The van der Waals surface area contributed by atoms with E-state index in [9.17, 15) is 22.8 Å².